The summed E-state index contributed by atoms with van der Waals surface area (Å²) in [5.74, 6) is 2.92. The fraction of sp³-hybridized carbons (Fsp3) is 0.524. The molecule has 132 valence electrons. The molecule has 1 aromatic carbocycles. The second-order valence-electron chi connectivity index (χ2n) is 7.79. The zero-order chi connectivity index (χ0) is 17.6. The van der Waals surface area contributed by atoms with Crippen molar-refractivity contribution in [3.63, 3.8) is 0 Å². The Kier molecular flexibility index (Phi) is 4.14. The van der Waals surface area contributed by atoms with E-state index in [1.165, 1.54) is 0 Å². The molecule has 1 amide bonds. The van der Waals surface area contributed by atoms with E-state index in [1.807, 2.05) is 23.1 Å². The van der Waals surface area contributed by atoms with Gasteiger partial charge in [-0.2, -0.15) is 0 Å². The topological polar surface area (TPSA) is 46.3 Å². The van der Waals surface area contributed by atoms with E-state index in [4.69, 9.17) is 9.40 Å². The van der Waals surface area contributed by atoms with Crippen molar-refractivity contribution in [2.75, 3.05) is 6.54 Å². The van der Waals surface area contributed by atoms with Gasteiger partial charge < -0.3 is 9.32 Å². The molecule has 0 N–H and O–H groups in total. The Bertz CT molecular complexity index is 765. The minimum atomic E-state index is -0.00439. The summed E-state index contributed by atoms with van der Waals surface area (Å²) < 4.78 is 6.22. The number of hydrogen-bond donors (Lipinski definition) is 0. The van der Waals surface area contributed by atoms with Gasteiger partial charge in [0.2, 0.25) is 11.8 Å². The molecular weight excluding hydrogens is 312 g/mol. The average Bonchev–Trinajstić information content (AvgIpc) is 3.05. The predicted octanol–water partition coefficient (Wildman–Crippen LogP) is 4.78. The van der Waals surface area contributed by atoms with Gasteiger partial charge in [0.15, 0.2) is 0 Å². The third-order valence-electron chi connectivity index (χ3n) is 5.49. The van der Waals surface area contributed by atoms with Crippen molar-refractivity contribution in [1.29, 1.82) is 0 Å². The Labute approximate surface area is 149 Å². The number of nitrogens with zero attached hydrogens (tertiary/aromatic N) is 2. The fourth-order valence-electron chi connectivity index (χ4n) is 3.85. The molecule has 1 aliphatic carbocycles. The summed E-state index contributed by atoms with van der Waals surface area (Å²) in [6.07, 6.45) is 3.00. The van der Waals surface area contributed by atoms with Crippen LogP contribution < -0.4 is 0 Å². The molecule has 0 radical (unpaired) electrons. The van der Waals surface area contributed by atoms with Crippen LogP contribution in [0.5, 0.6) is 0 Å². The first kappa shape index (κ1) is 16.4. The van der Waals surface area contributed by atoms with Crippen LogP contribution in [0.4, 0.5) is 0 Å². The van der Waals surface area contributed by atoms with Crippen LogP contribution in [0.2, 0.25) is 0 Å². The number of carbonyl (C=O) groups excluding carboxylic acids is 1. The van der Waals surface area contributed by atoms with Crippen LogP contribution in [0.25, 0.3) is 11.3 Å². The lowest BCUT2D eigenvalue weighted by atomic mass is 10.0. The summed E-state index contributed by atoms with van der Waals surface area (Å²) in [6.45, 7) is 7.23. The number of benzene rings is 1. The van der Waals surface area contributed by atoms with Crippen molar-refractivity contribution in [3.05, 3.63) is 42.0 Å². The first-order valence-electron chi connectivity index (χ1n) is 9.42. The molecule has 2 aromatic rings. The monoisotopic (exact) mass is 338 g/mol. The quantitative estimate of drug-likeness (QED) is 0.805. The zero-order valence-corrected chi connectivity index (χ0v) is 15.2. The van der Waals surface area contributed by atoms with Gasteiger partial charge in [0.25, 0.3) is 0 Å². The first-order chi connectivity index (χ1) is 12.1. The maximum atomic E-state index is 12.8. The summed E-state index contributed by atoms with van der Waals surface area (Å²) in [5.41, 5.74) is 2.00. The summed E-state index contributed by atoms with van der Waals surface area (Å²) >= 11 is 0. The molecule has 1 saturated heterocycles. The van der Waals surface area contributed by atoms with Crippen LogP contribution in [0.1, 0.15) is 63.6 Å². The Morgan fingerprint density at radius 1 is 1.28 bits per heavy atom. The van der Waals surface area contributed by atoms with Crippen molar-refractivity contribution in [2.45, 2.75) is 52.0 Å². The second-order valence-corrected chi connectivity index (χ2v) is 7.79. The molecule has 0 spiro atoms. The van der Waals surface area contributed by atoms with Crippen molar-refractivity contribution in [2.24, 2.45) is 11.8 Å². The van der Waals surface area contributed by atoms with E-state index in [-0.39, 0.29) is 17.9 Å². The molecular formula is C21H26N2O2. The number of hydrogen-bond acceptors (Lipinski definition) is 3. The highest BCUT2D eigenvalue weighted by molar-refractivity contribution is 5.82. The lowest BCUT2D eigenvalue weighted by Crippen LogP contribution is -2.32. The average molecular weight is 338 g/mol. The standard InChI is InChI=1S/C21H26N2O2/c1-13(2)19-18(15-8-5-4-6-9-15)22-20(25-19)17-10-7-11-23(17)21(24)16-12-14(16)3/h4-6,8-9,13-14,16-17H,7,10-12H2,1-3H3/t14-,16+,17+/m1/s1. The van der Waals surface area contributed by atoms with Gasteiger partial charge in [0, 0.05) is 23.9 Å². The largest absolute Gasteiger partial charge is 0.442 e. The van der Waals surface area contributed by atoms with Crippen LogP contribution >= 0.6 is 0 Å². The second kappa shape index (κ2) is 6.32. The minimum Gasteiger partial charge on any atom is -0.442 e. The first-order valence-corrected chi connectivity index (χ1v) is 9.42. The molecule has 2 fully saturated rings. The number of rotatable bonds is 4. The van der Waals surface area contributed by atoms with E-state index in [0.717, 1.165) is 42.8 Å². The van der Waals surface area contributed by atoms with Crippen molar-refractivity contribution in [3.8, 4) is 11.3 Å². The van der Waals surface area contributed by atoms with Crippen LogP contribution in [-0.4, -0.2) is 22.3 Å². The Morgan fingerprint density at radius 3 is 2.64 bits per heavy atom. The summed E-state index contributed by atoms with van der Waals surface area (Å²) in [6, 6.07) is 10.2. The fourth-order valence-corrected chi connectivity index (χ4v) is 3.85. The molecule has 0 bridgehead atoms. The third kappa shape index (κ3) is 2.99. The molecule has 0 unspecified atom stereocenters. The maximum absolute atomic E-state index is 12.8. The highest BCUT2D eigenvalue weighted by atomic mass is 16.4. The van der Waals surface area contributed by atoms with Gasteiger partial charge in [-0.3, -0.25) is 4.79 Å². The number of aromatic nitrogens is 1. The molecule has 25 heavy (non-hydrogen) atoms. The lowest BCUT2D eigenvalue weighted by molar-refractivity contribution is -0.134. The normalized spacial score (nSPS) is 25.6. The van der Waals surface area contributed by atoms with Crippen LogP contribution in [-0.2, 0) is 4.79 Å². The van der Waals surface area contributed by atoms with Crippen molar-refractivity contribution >= 4 is 5.91 Å². The molecule has 2 aliphatic rings. The summed E-state index contributed by atoms with van der Waals surface area (Å²) in [7, 11) is 0. The van der Waals surface area contributed by atoms with Gasteiger partial charge in [-0.15, -0.1) is 0 Å². The maximum Gasteiger partial charge on any atom is 0.226 e. The van der Waals surface area contributed by atoms with Crippen LogP contribution in [0.3, 0.4) is 0 Å². The molecule has 4 nitrogen and oxygen atoms in total. The Morgan fingerprint density at radius 2 is 2.00 bits per heavy atom. The molecule has 3 atom stereocenters. The van der Waals surface area contributed by atoms with Gasteiger partial charge in [-0.05, 0) is 25.2 Å². The number of oxazole rings is 1. The van der Waals surface area contributed by atoms with Gasteiger partial charge in [-0.25, -0.2) is 4.98 Å². The highest BCUT2D eigenvalue weighted by Crippen LogP contribution is 2.44. The number of carbonyl (C=O) groups is 1. The Balaban J connectivity index is 1.67. The molecule has 2 heterocycles. The van der Waals surface area contributed by atoms with E-state index in [9.17, 15) is 4.79 Å². The predicted molar refractivity (Wildman–Crippen MR) is 97.0 cm³/mol. The summed E-state index contributed by atoms with van der Waals surface area (Å²) in [5, 5.41) is 0. The molecule has 1 aromatic heterocycles. The molecule has 4 rings (SSSR count). The molecule has 1 saturated carbocycles. The van der Waals surface area contributed by atoms with Gasteiger partial charge in [0.05, 0.1) is 0 Å². The zero-order valence-electron chi connectivity index (χ0n) is 15.2. The molecule has 4 heteroatoms. The molecule has 1 aliphatic heterocycles. The summed E-state index contributed by atoms with van der Waals surface area (Å²) in [4.78, 5) is 19.6. The third-order valence-corrected chi connectivity index (χ3v) is 5.49. The van der Waals surface area contributed by atoms with E-state index in [2.05, 4.69) is 32.9 Å². The highest BCUT2D eigenvalue weighted by Gasteiger charge is 2.45. The Hall–Kier alpha value is -2.10. The SMILES string of the molecule is CC(C)c1oc([C@@H]2CCCN2C(=O)[C@H]2C[C@H]2C)nc1-c1ccccc1. The van der Waals surface area contributed by atoms with Gasteiger partial charge in [0.1, 0.15) is 17.5 Å². The van der Waals surface area contributed by atoms with Crippen molar-refractivity contribution < 1.29 is 9.21 Å². The van der Waals surface area contributed by atoms with Gasteiger partial charge >= 0.3 is 0 Å². The van der Waals surface area contributed by atoms with Gasteiger partial charge in [-0.1, -0.05) is 51.1 Å². The lowest BCUT2D eigenvalue weighted by Gasteiger charge is -2.22. The number of amides is 1. The van der Waals surface area contributed by atoms with Crippen LogP contribution in [0, 0.1) is 11.8 Å². The van der Waals surface area contributed by atoms with E-state index >= 15 is 0 Å². The van der Waals surface area contributed by atoms with E-state index < -0.39 is 0 Å². The van der Waals surface area contributed by atoms with Crippen molar-refractivity contribution in [1.82, 2.24) is 9.88 Å². The van der Waals surface area contributed by atoms with E-state index in [0.29, 0.717) is 17.7 Å². The smallest absolute Gasteiger partial charge is 0.226 e. The minimum absolute atomic E-state index is 0.00439. The van der Waals surface area contributed by atoms with E-state index in [1.54, 1.807) is 0 Å². The van der Waals surface area contributed by atoms with Crippen LogP contribution in [0.15, 0.2) is 34.7 Å². The number of likely N-dealkylation sites (tertiary alicyclic amines) is 1.